The summed E-state index contributed by atoms with van der Waals surface area (Å²) in [6.45, 7) is 3.67. The van der Waals surface area contributed by atoms with Crippen molar-refractivity contribution in [1.29, 1.82) is 0 Å². The molecule has 0 aliphatic heterocycles. The number of anilines is 1. The predicted molar refractivity (Wildman–Crippen MR) is 102 cm³/mol. The van der Waals surface area contributed by atoms with Crippen molar-refractivity contribution < 1.29 is 14.3 Å². The molecule has 2 aromatic rings. The summed E-state index contributed by atoms with van der Waals surface area (Å²) in [7, 11) is 0. The van der Waals surface area contributed by atoms with Crippen molar-refractivity contribution in [1.82, 2.24) is 0 Å². The fourth-order valence-corrected chi connectivity index (χ4v) is 3.33. The summed E-state index contributed by atoms with van der Waals surface area (Å²) in [5.41, 5.74) is 6.55. The minimum Gasteiger partial charge on any atom is -0.455 e. The Balaban J connectivity index is 1.51. The minimum atomic E-state index is -0.378. The highest BCUT2D eigenvalue weighted by Gasteiger charge is 2.13. The second kappa shape index (κ2) is 8.17. The SMILES string of the molecule is Cc1cccc(NC(=O)COC(=O)Cc2ccc3c(c2)CCCC3)c1C. The highest BCUT2D eigenvalue weighted by molar-refractivity contribution is 5.93. The van der Waals surface area contributed by atoms with Crippen LogP contribution in [0.1, 0.15) is 40.7 Å². The van der Waals surface area contributed by atoms with Crippen LogP contribution in [0, 0.1) is 13.8 Å². The van der Waals surface area contributed by atoms with Crippen LogP contribution in [-0.4, -0.2) is 18.5 Å². The van der Waals surface area contributed by atoms with Gasteiger partial charge in [0.1, 0.15) is 0 Å². The first-order chi connectivity index (χ1) is 12.5. The van der Waals surface area contributed by atoms with Gasteiger partial charge in [0.2, 0.25) is 0 Å². The second-order valence-corrected chi connectivity index (χ2v) is 6.94. The third kappa shape index (κ3) is 4.51. The Morgan fingerprint density at radius 3 is 2.62 bits per heavy atom. The van der Waals surface area contributed by atoms with Gasteiger partial charge in [-0.25, -0.2) is 0 Å². The van der Waals surface area contributed by atoms with E-state index in [0.717, 1.165) is 35.2 Å². The number of benzene rings is 2. The fourth-order valence-electron chi connectivity index (χ4n) is 3.33. The molecule has 3 rings (SSSR count). The van der Waals surface area contributed by atoms with Crippen LogP contribution in [0.3, 0.4) is 0 Å². The minimum absolute atomic E-state index is 0.198. The Morgan fingerprint density at radius 2 is 1.81 bits per heavy atom. The summed E-state index contributed by atoms with van der Waals surface area (Å²) >= 11 is 0. The Kier molecular flexibility index (Phi) is 5.71. The van der Waals surface area contributed by atoms with Crippen LogP contribution in [-0.2, 0) is 33.6 Å². The maximum Gasteiger partial charge on any atom is 0.310 e. The molecule has 0 saturated heterocycles. The quantitative estimate of drug-likeness (QED) is 0.831. The summed E-state index contributed by atoms with van der Waals surface area (Å²) in [6.07, 6.45) is 4.85. The van der Waals surface area contributed by atoms with Gasteiger partial charge in [-0.3, -0.25) is 9.59 Å². The molecule has 136 valence electrons. The maximum absolute atomic E-state index is 12.1. The van der Waals surface area contributed by atoms with Crippen molar-refractivity contribution in [2.75, 3.05) is 11.9 Å². The largest absolute Gasteiger partial charge is 0.455 e. The Morgan fingerprint density at radius 1 is 1.04 bits per heavy atom. The van der Waals surface area contributed by atoms with Crippen molar-refractivity contribution in [2.45, 2.75) is 46.0 Å². The van der Waals surface area contributed by atoms with E-state index < -0.39 is 0 Å². The van der Waals surface area contributed by atoms with E-state index in [9.17, 15) is 9.59 Å². The Labute approximate surface area is 154 Å². The standard InChI is InChI=1S/C22H25NO3/c1-15-6-5-9-20(16(15)2)23-21(24)14-26-22(25)13-17-10-11-18-7-3-4-8-19(18)12-17/h5-6,9-12H,3-4,7-8,13-14H2,1-2H3,(H,23,24). The van der Waals surface area contributed by atoms with Crippen molar-refractivity contribution in [2.24, 2.45) is 0 Å². The fraction of sp³-hybridized carbons (Fsp3) is 0.364. The average Bonchev–Trinajstić information content (AvgIpc) is 2.64. The zero-order chi connectivity index (χ0) is 18.5. The van der Waals surface area contributed by atoms with Crippen molar-refractivity contribution in [3.8, 4) is 0 Å². The third-order valence-electron chi connectivity index (χ3n) is 5.00. The van der Waals surface area contributed by atoms with E-state index in [2.05, 4.69) is 17.4 Å². The number of esters is 1. The van der Waals surface area contributed by atoms with Gasteiger partial charge in [0, 0.05) is 5.69 Å². The first-order valence-corrected chi connectivity index (χ1v) is 9.15. The molecule has 0 unspecified atom stereocenters. The van der Waals surface area contributed by atoms with Crippen LogP contribution >= 0.6 is 0 Å². The molecule has 4 heteroatoms. The lowest BCUT2D eigenvalue weighted by atomic mass is 9.90. The van der Waals surface area contributed by atoms with Gasteiger partial charge >= 0.3 is 5.97 Å². The summed E-state index contributed by atoms with van der Waals surface area (Å²) in [6, 6.07) is 11.9. The number of carbonyl (C=O) groups is 2. The number of nitrogens with one attached hydrogen (secondary N) is 1. The molecule has 0 spiro atoms. The van der Waals surface area contributed by atoms with Crippen molar-refractivity contribution >= 4 is 17.6 Å². The number of ether oxygens (including phenoxy) is 1. The maximum atomic E-state index is 12.1. The van der Waals surface area contributed by atoms with Crippen LogP contribution in [0.2, 0.25) is 0 Å². The van der Waals surface area contributed by atoms with Gasteiger partial charge in [-0.2, -0.15) is 0 Å². The molecule has 2 aromatic carbocycles. The van der Waals surface area contributed by atoms with Gasteiger partial charge in [-0.1, -0.05) is 30.3 Å². The number of hydrogen-bond acceptors (Lipinski definition) is 3. The zero-order valence-corrected chi connectivity index (χ0v) is 15.4. The van der Waals surface area contributed by atoms with Gasteiger partial charge in [0.15, 0.2) is 6.61 Å². The molecule has 1 aliphatic carbocycles. The number of amides is 1. The monoisotopic (exact) mass is 351 g/mol. The summed E-state index contributed by atoms with van der Waals surface area (Å²) in [5.74, 6) is -0.700. The van der Waals surface area contributed by atoms with Crippen LogP contribution < -0.4 is 5.32 Å². The smallest absolute Gasteiger partial charge is 0.310 e. The molecule has 0 saturated carbocycles. The lowest BCUT2D eigenvalue weighted by Crippen LogP contribution is -2.22. The second-order valence-electron chi connectivity index (χ2n) is 6.94. The molecule has 4 nitrogen and oxygen atoms in total. The van der Waals surface area contributed by atoms with E-state index in [1.54, 1.807) is 0 Å². The molecule has 0 atom stereocenters. The van der Waals surface area contributed by atoms with E-state index in [4.69, 9.17) is 4.74 Å². The van der Waals surface area contributed by atoms with Gasteiger partial charge < -0.3 is 10.1 Å². The number of fused-ring (bicyclic) bond motifs is 1. The molecule has 26 heavy (non-hydrogen) atoms. The Bertz CT molecular complexity index is 826. The summed E-state index contributed by atoms with van der Waals surface area (Å²) in [4.78, 5) is 24.1. The molecular weight excluding hydrogens is 326 g/mol. The number of aryl methyl sites for hydroxylation is 3. The number of rotatable bonds is 5. The summed E-state index contributed by atoms with van der Waals surface area (Å²) < 4.78 is 5.14. The predicted octanol–water partition coefficient (Wildman–Crippen LogP) is 3.91. The summed E-state index contributed by atoms with van der Waals surface area (Å²) in [5, 5.41) is 2.80. The number of hydrogen-bond donors (Lipinski definition) is 1. The topological polar surface area (TPSA) is 55.4 Å². The molecule has 0 heterocycles. The molecule has 1 amide bonds. The lowest BCUT2D eigenvalue weighted by molar-refractivity contribution is -0.146. The zero-order valence-electron chi connectivity index (χ0n) is 15.4. The van der Waals surface area contributed by atoms with Crippen molar-refractivity contribution in [3.63, 3.8) is 0 Å². The molecule has 0 radical (unpaired) electrons. The molecule has 0 aromatic heterocycles. The molecule has 0 fully saturated rings. The lowest BCUT2D eigenvalue weighted by Gasteiger charge is -2.16. The van der Waals surface area contributed by atoms with Crippen LogP contribution in [0.25, 0.3) is 0 Å². The van der Waals surface area contributed by atoms with Gasteiger partial charge in [-0.05, 0) is 73.4 Å². The molecular formula is C22H25NO3. The first-order valence-electron chi connectivity index (χ1n) is 9.15. The van der Waals surface area contributed by atoms with E-state index in [1.165, 1.54) is 24.0 Å². The normalized spacial score (nSPS) is 13.0. The van der Waals surface area contributed by atoms with E-state index in [1.807, 2.05) is 38.1 Å². The third-order valence-corrected chi connectivity index (χ3v) is 5.00. The van der Waals surface area contributed by atoms with Gasteiger partial charge in [-0.15, -0.1) is 0 Å². The average molecular weight is 351 g/mol. The van der Waals surface area contributed by atoms with Gasteiger partial charge in [0.25, 0.3) is 5.91 Å². The van der Waals surface area contributed by atoms with Crippen LogP contribution in [0.15, 0.2) is 36.4 Å². The molecule has 1 aliphatic rings. The van der Waals surface area contributed by atoms with Crippen LogP contribution in [0.4, 0.5) is 5.69 Å². The van der Waals surface area contributed by atoms with E-state index >= 15 is 0 Å². The number of carbonyl (C=O) groups excluding carboxylic acids is 2. The first kappa shape index (κ1) is 18.2. The van der Waals surface area contributed by atoms with Crippen LogP contribution in [0.5, 0.6) is 0 Å². The van der Waals surface area contributed by atoms with Gasteiger partial charge in [0.05, 0.1) is 6.42 Å². The Hall–Kier alpha value is -2.62. The van der Waals surface area contributed by atoms with E-state index in [0.29, 0.717) is 0 Å². The highest BCUT2D eigenvalue weighted by Crippen LogP contribution is 2.22. The highest BCUT2D eigenvalue weighted by atomic mass is 16.5. The molecule has 1 N–H and O–H groups in total. The van der Waals surface area contributed by atoms with Crippen molar-refractivity contribution in [3.05, 3.63) is 64.2 Å². The van der Waals surface area contributed by atoms with E-state index in [-0.39, 0.29) is 24.9 Å². The molecule has 0 bridgehead atoms.